The van der Waals surface area contributed by atoms with Crippen LogP contribution in [-0.2, 0) is 12.7 Å². The molecular weight excluding hydrogens is 497 g/mol. The predicted octanol–water partition coefficient (Wildman–Crippen LogP) is 8.42. The van der Waals surface area contributed by atoms with Gasteiger partial charge in [-0.3, -0.25) is 9.78 Å². The number of pyridine rings is 1. The summed E-state index contributed by atoms with van der Waals surface area (Å²) in [6, 6.07) is 27.2. The first-order valence-electron chi connectivity index (χ1n) is 11.5. The number of alkyl halides is 3. The number of hydrogen-bond donors (Lipinski definition) is 1. The molecule has 0 aliphatic heterocycles. The van der Waals surface area contributed by atoms with Gasteiger partial charge in [0.05, 0.1) is 11.1 Å². The van der Waals surface area contributed by atoms with Crippen LogP contribution in [0.1, 0.15) is 27.0 Å². The van der Waals surface area contributed by atoms with Gasteiger partial charge in [0.1, 0.15) is 0 Å². The molecule has 1 N–H and O–H groups in total. The van der Waals surface area contributed by atoms with Gasteiger partial charge in [-0.25, -0.2) is 0 Å². The van der Waals surface area contributed by atoms with E-state index in [1.807, 2.05) is 24.3 Å². The second-order valence-corrected chi connectivity index (χ2v) is 8.94. The van der Waals surface area contributed by atoms with Crippen LogP contribution in [0.3, 0.4) is 0 Å². The Morgan fingerprint density at radius 3 is 2.32 bits per heavy atom. The third-order valence-corrected chi connectivity index (χ3v) is 6.30. The Labute approximate surface area is 216 Å². The average Bonchev–Trinajstić information content (AvgIpc) is 2.91. The third kappa shape index (κ3) is 5.20. The molecule has 7 heteroatoms. The fourth-order valence-corrected chi connectivity index (χ4v) is 4.40. The highest BCUT2D eigenvalue weighted by molar-refractivity contribution is 6.30. The molecule has 0 aliphatic carbocycles. The Bertz CT molecular complexity index is 1580. The second kappa shape index (κ2) is 10.1. The van der Waals surface area contributed by atoms with E-state index in [4.69, 9.17) is 11.6 Å². The van der Waals surface area contributed by atoms with Gasteiger partial charge in [0.25, 0.3) is 0 Å². The summed E-state index contributed by atoms with van der Waals surface area (Å²) in [4.78, 5) is 17.6. The monoisotopic (exact) mass is 516 g/mol. The largest absolute Gasteiger partial charge is 0.418 e. The molecule has 5 aromatic rings. The molecule has 0 bridgehead atoms. The normalized spacial score (nSPS) is 11.5. The van der Waals surface area contributed by atoms with Gasteiger partial charge >= 0.3 is 6.18 Å². The first-order chi connectivity index (χ1) is 17.8. The molecule has 1 aromatic heterocycles. The van der Waals surface area contributed by atoms with Crippen molar-refractivity contribution in [3.63, 3.8) is 0 Å². The number of aromatic nitrogens is 1. The highest BCUT2D eigenvalue weighted by Gasteiger charge is 2.34. The van der Waals surface area contributed by atoms with Gasteiger partial charge in [-0.1, -0.05) is 78.3 Å². The van der Waals surface area contributed by atoms with Crippen LogP contribution in [0.2, 0.25) is 5.02 Å². The molecule has 1 heterocycles. The zero-order valence-electron chi connectivity index (χ0n) is 19.4. The number of benzene rings is 4. The molecule has 184 valence electrons. The Kier molecular flexibility index (Phi) is 6.68. The lowest BCUT2D eigenvalue weighted by Gasteiger charge is -2.16. The molecule has 5 rings (SSSR count). The molecule has 0 radical (unpaired) electrons. The number of nitrogens with one attached hydrogen (secondary N) is 1. The Hall–Kier alpha value is -4.16. The molecule has 0 saturated carbocycles. The number of fused-ring (bicyclic) bond motifs is 1. The van der Waals surface area contributed by atoms with E-state index in [1.165, 1.54) is 12.3 Å². The number of rotatable bonds is 6. The number of carbonyl (C=O) groups is 1. The second-order valence-electron chi connectivity index (χ2n) is 8.50. The van der Waals surface area contributed by atoms with E-state index in [-0.39, 0.29) is 22.2 Å². The van der Waals surface area contributed by atoms with Crippen LogP contribution in [0.5, 0.6) is 0 Å². The van der Waals surface area contributed by atoms with Crippen molar-refractivity contribution in [3.8, 4) is 11.1 Å². The zero-order chi connectivity index (χ0) is 26.0. The zero-order valence-corrected chi connectivity index (χ0v) is 20.1. The van der Waals surface area contributed by atoms with Crippen LogP contribution >= 0.6 is 11.6 Å². The lowest BCUT2D eigenvalue weighted by molar-refractivity contribution is -0.136. The molecule has 4 aromatic carbocycles. The Balaban J connectivity index is 1.64. The van der Waals surface area contributed by atoms with Crippen molar-refractivity contribution in [2.75, 3.05) is 5.32 Å². The third-order valence-electron chi connectivity index (χ3n) is 6.04. The number of halogens is 4. The summed E-state index contributed by atoms with van der Waals surface area (Å²) in [6.07, 6.45) is -3.34. The summed E-state index contributed by atoms with van der Waals surface area (Å²) in [5, 5.41) is 4.23. The molecule has 0 amide bonds. The molecule has 0 aliphatic rings. The van der Waals surface area contributed by atoms with Crippen LogP contribution in [-0.4, -0.2) is 10.8 Å². The van der Waals surface area contributed by atoms with Crippen molar-refractivity contribution in [1.82, 2.24) is 4.98 Å². The van der Waals surface area contributed by atoms with E-state index in [1.54, 1.807) is 60.7 Å². The van der Waals surface area contributed by atoms with Gasteiger partial charge in [-0.05, 0) is 41.5 Å². The molecule has 37 heavy (non-hydrogen) atoms. The van der Waals surface area contributed by atoms with E-state index in [0.29, 0.717) is 28.3 Å². The van der Waals surface area contributed by atoms with Crippen molar-refractivity contribution >= 4 is 34.0 Å². The summed E-state index contributed by atoms with van der Waals surface area (Å²) in [5.41, 5.74) is 2.38. The summed E-state index contributed by atoms with van der Waals surface area (Å²) in [7, 11) is 0. The van der Waals surface area contributed by atoms with E-state index in [9.17, 15) is 18.0 Å². The lowest BCUT2D eigenvalue weighted by Crippen LogP contribution is -2.09. The van der Waals surface area contributed by atoms with Crippen molar-refractivity contribution in [2.45, 2.75) is 12.7 Å². The quantitative estimate of drug-likeness (QED) is 0.230. The maximum atomic E-state index is 13.8. The van der Waals surface area contributed by atoms with E-state index in [0.717, 1.165) is 17.3 Å². The minimum Gasteiger partial charge on any atom is -0.381 e. The fraction of sp³-hybridized carbons (Fsp3) is 0.0667. The lowest BCUT2D eigenvalue weighted by atomic mass is 9.91. The maximum absolute atomic E-state index is 13.8. The first kappa shape index (κ1) is 24.5. The predicted molar refractivity (Wildman–Crippen MR) is 141 cm³/mol. The molecular formula is C30H20ClF3N2O. The Morgan fingerprint density at radius 1 is 0.865 bits per heavy atom. The van der Waals surface area contributed by atoms with Crippen LogP contribution in [0, 0.1) is 0 Å². The number of nitrogens with zero attached hydrogens (tertiary/aromatic N) is 1. The van der Waals surface area contributed by atoms with Crippen LogP contribution in [0.4, 0.5) is 18.9 Å². The fourth-order valence-electron chi connectivity index (χ4n) is 4.27. The smallest absolute Gasteiger partial charge is 0.381 e. The van der Waals surface area contributed by atoms with Gasteiger partial charge in [0.2, 0.25) is 0 Å². The van der Waals surface area contributed by atoms with Crippen molar-refractivity contribution in [3.05, 3.63) is 131 Å². The molecule has 3 nitrogen and oxygen atoms in total. The van der Waals surface area contributed by atoms with E-state index < -0.39 is 11.7 Å². The van der Waals surface area contributed by atoms with Gasteiger partial charge < -0.3 is 5.32 Å². The van der Waals surface area contributed by atoms with E-state index in [2.05, 4.69) is 10.3 Å². The Morgan fingerprint density at radius 2 is 1.59 bits per heavy atom. The summed E-state index contributed by atoms with van der Waals surface area (Å²) >= 11 is 5.97. The number of anilines is 1. The SMILES string of the molecule is O=C(c1ccccc1)c1cnc2c(C(F)(F)F)cccc2c1-c1cccc(NCc2ccc(Cl)cc2)c1. The highest BCUT2D eigenvalue weighted by atomic mass is 35.5. The summed E-state index contributed by atoms with van der Waals surface area (Å²) in [6.45, 7) is 0.520. The molecule has 0 fully saturated rings. The van der Waals surface area contributed by atoms with Crippen LogP contribution in [0.15, 0.2) is 103 Å². The molecule has 0 saturated heterocycles. The standard InChI is InChI=1S/C30H20ClF3N2O/c31-22-14-12-19(13-15-22)17-35-23-9-4-8-21(16-23)27-24-10-5-11-26(30(32,33)34)28(24)36-18-25(27)29(37)20-6-2-1-3-7-20/h1-16,18,35H,17H2. The first-order valence-corrected chi connectivity index (χ1v) is 11.9. The molecule has 0 spiro atoms. The van der Waals surface area contributed by atoms with Gasteiger partial charge in [-0.15, -0.1) is 0 Å². The van der Waals surface area contributed by atoms with Crippen molar-refractivity contribution in [2.24, 2.45) is 0 Å². The molecule has 0 atom stereocenters. The topological polar surface area (TPSA) is 42.0 Å². The highest BCUT2D eigenvalue weighted by Crippen LogP contribution is 2.39. The van der Waals surface area contributed by atoms with Crippen LogP contribution in [0.25, 0.3) is 22.0 Å². The number of ketones is 1. The average molecular weight is 517 g/mol. The van der Waals surface area contributed by atoms with E-state index >= 15 is 0 Å². The molecule has 0 unspecified atom stereocenters. The summed E-state index contributed by atoms with van der Waals surface area (Å²) in [5.74, 6) is -0.318. The number of para-hydroxylation sites is 1. The minimum absolute atomic E-state index is 0.200. The van der Waals surface area contributed by atoms with Crippen LogP contribution < -0.4 is 5.32 Å². The van der Waals surface area contributed by atoms with Gasteiger partial charge in [-0.2, -0.15) is 13.2 Å². The maximum Gasteiger partial charge on any atom is 0.418 e. The number of hydrogen-bond acceptors (Lipinski definition) is 3. The van der Waals surface area contributed by atoms with Gasteiger partial charge in [0, 0.05) is 45.5 Å². The number of carbonyl (C=O) groups excluding carboxylic acids is 1. The van der Waals surface area contributed by atoms with Crippen molar-refractivity contribution < 1.29 is 18.0 Å². The van der Waals surface area contributed by atoms with Gasteiger partial charge in [0.15, 0.2) is 5.78 Å². The van der Waals surface area contributed by atoms with Crippen molar-refractivity contribution in [1.29, 1.82) is 0 Å². The summed E-state index contributed by atoms with van der Waals surface area (Å²) < 4.78 is 41.4. The minimum atomic E-state index is -4.59.